The highest BCUT2D eigenvalue weighted by atomic mass is 16.6. The van der Waals surface area contributed by atoms with Crippen molar-refractivity contribution in [2.45, 2.75) is 92.5 Å². The molecule has 0 saturated heterocycles. The van der Waals surface area contributed by atoms with Gasteiger partial charge in [0.2, 0.25) is 11.8 Å². The van der Waals surface area contributed by atoms with Gasteiger partial charge < -0.3 is 20.3 Å². The number of rotatable bonds is 11. The van der Waals surface area contributed by atoms with Gasteiger partial charge in [-0.3, -0.25) is 9.59 Å². The number of amides is 3. The minimum absolute atomic E-state index is 0.238. The highest BCUT2D eigenvalue weighted by Gasteiger charge is 2.35. The molecule has 0 bridgehead atoms. The van der Waals surface area contributed by atoms with E-state index in [9.17, 15) is 14.4 Å². The molecule has 0 aliphatic carbocycles. The van der Waals surface area contributed by atoms with Crippen molar-refractivity contribution in [1.82, 2.24) is 15.5 Å². The average Bonchev–Trinajstić information content (AvgIpc) is 2.84. The molecule has 2 atom stereocenters. The largest absolute Gasteiger partial charge is 0.444 e. The first kappa shape index (κ1) is 30.9. The van der Waals surface area contributed by atoms with Crippen LogP contribution < -0.4 is 10.6 Å². The minimum atomic E-state index is -0.853. The molecule has 38 heavy (non-hydrogen) atoms. The van der Waals surface area contributed by atoms with Crippen molar-refractivity contribution in [2.75, 3.05) is 6.54 Å². The predicted octanol–water partition coefficient (Wildman–Crippen LogP) is 5.84. The highest BCUT2D eigenvalue weighted by Crippen LogP contribution is 2.29. The van der Waals surface area contributed by atoms with Crippen LogP contribution in [0.25, 0.3) is 0 Å². The van der Waals surface area contributed by atoms with Crippen LogP contribution in [0.1, 0.15) is 82.7 Å². The summed E-state index contributed by atoms with van der Waals surface area (Å²) in [5, 5.41) is 5.63. The fourth-order valence-electron chi connectivity index (χ4n) is 4.26. The molecular formula is C31H45N3O4. The summed E-state index contributed by atoms with van der Waals surface area (Å²) in [4.78, 5) is 41.6. The third-order valence-corrected chi connectivity index (χ3v) is 6.27. The van der Waals surface area contributed by atoms with Crippen molar-refractivity contribution in [1.29, 1.82) is 0 Å². The molecule has 0 spiro atoms. The van der Waals surface area contributed by atoms with Crippen LogP contribution >= 0.6 is 0 Å². The van der Waals surface area contributed by atoms with E-state index in [1.165, 1.54) is 0 Å². The summed E-state index contributed by atoms with van der Waals surface area (Å²) in [6, 6.07) is 14.5. The van der Waals surface area contributed by atoms with Gasteiger partial charge in [0.25, 0.3) is 0 Å². The van der Waals surface area contributed by atoms with E-state index in [-0.39, 0.29) is 24.4 Å². The summed E-state index contributed by atoms with van der Waals surface area (Å²) < 4.78 is 5.32. The average molecular weight is 524 g/mol. The summed E-state index contributed by atoms with van der Waals surface area (Å²) in [5.74, 6) is -0.155. The van der Waals surface area contributed by atoms with Gasteiger partial charge in [-0.15, -0.1) is 0 Å². The fourth-order valence-corrected chi connectivity index (χ4v) is 4.26. The molecular weight excluding hydrogens is 478 g/mol. The Morgan fingerprint density at radius 3 is 2.18 bits per heavy atom. The van der Waals surface area contributed by atoms with E-state index in [0.717, 1.165) is 35.1 Å². The maximum Gasteiger partial charge on any atom is 0.408 e. The third kappa shape index (κ3) is 9.84. The number of aryl methyl sites for hydroxylation is 2. The summed E-state index contributed by atoms with van der Waals surface area (Å²) >= 11 is 0. The number of ether oxygens (including phenoxy) is 1. The Morgan fingerprint density at radius 2 is 1.58 bits per heavy atom. The lowest BCUT2D eigenvalue weighted by Gasteiger charge is -2.37. The Bertz CT molecular complexity index is 1080. The lowest BCUT2D eigenvalue weighted by atomic mass is 9.94. The van der Waals surface area contributed by atoms with Gasteiger partial charge in [-0.1, -0.05) is 67.9 Å². The number of nitrogens with zero attached hydrogens (tertiary/aromatic N) is 1. The van der Waals surface area contributed by atoms with Crippen molar-refractivity contribution < 1.29 is 19.1 Å². The van der Waals surface area contributed by atoms with Crippen molar-refractivity contribution in [3.8, 4) is 0 Å². The van der Waals surface area contributed by atoms with Crippen molar-refractivity contribution in [3.05, 3.63) is 70.8 Å². The number of carbonyl (C=O) groups is 3. The molecule has 2 N–H and O–H groups in total. The molecule has 2 rings (SSSR count). The van der Waals surface area contributed by atoms with Gasteiger partial charge in [-0.05, 0) is 77.0 Å². The van der Waals surface area contributed by atoms with Crippen molar-refractivity contribution >= 4 is 17.9 Å². The number of benzene rings is 2. The molecule has 0 aliphatic heterocycles. The number of hydrogen-bond acceptors (Lipinski definition) is 4. The third-order valence-electron chi connectivity index (χ3n) is 6.27. The zero-order valence-corrected chi connectivity index (χ0v) is 24.3. The Balaban J connectivity index is 2.44. The van der Waals surface area contributed by atoms with Crippen LogP contribution in [0.2, 0.25) is 0 Å². The number of nitrogens with one attached hydrogen (secondary N) is 2. The maximum absolute atomic E-state index is 13.9. The monoisotopic (exact) mass is 523 g/mol. The van der Waals surface area contributed by atoms with Gasteiger partial charge in [-0.25, -0.2) is 4.79 Å². The molecule has 3 amide bonds. The van der Waals surface area contributed by atoms with Crippen LogP contribution in [-0.2, 0) is 20.9 Å². The van der Waals surface area contributed by atoms with Crippen LogP contribution in [0.3, 0.4) is 0 Å². The standard InChI is InChI=1S/C31H45N3O4/c1-21(2)14-17-24(5)34(27(35)20-33-30(37)38-31(6,7)8)28(26-18-22(3)15-16-23(26)4)29(36)32-19-25-12-10-9-11-13-25/h9-13,15-16,18,21,24,28H,14,17,19-20H2,1-8H3,(H,32,36)(H,33,37). The fraction of sp³-hybridized carbons (Fsp3) is 0.516. The molecule has 0 fully saturated rings. The molecule has 2 aromatic rings. The van der Waals surface area contributed by atoms with Gasteiger partial charge >= 0.3 is 6.09 Å². The zero-order valence-electron chi connectivity index (χ0n) is 24.3. The van der Waals surface area contributed by atoms with Gasteiger partial charge in [-0.2, -0.15) is 0 Å². The van der Waals surface area contributed by atoms with Crippen molar-refractivity contribution in [3.63, 3.8) is 0 Å². The van der Waals surface area contributed by atoms with E-state index in [2.05, 4.69) is 24.5 Å². The van der Waals surface area contributed by atoms with Gasteiger partial charge in [0, 0.05) is 12.6 Å². The molecule has 2 unspecified atom stereocenters. The first-order valence-electron chi connectivity index (χ1n) is 13.4. The van der Waals surface area contributed by atoms with Gasteiger partial charge in [0.1, 0.15) is 18.2 Å². The Labute approximate surface area is 228 Å². The van der Waals surface area contributed by atoms with Crippen LogP contribution in [0.5, 0.6) is 0 Å². The molecule has 7 nitrogen and oxygen atoms in total. The van der Waals surface area contributed by atoms with Crippen LogP contribution in [0.15, 0.2) is 48.5 Å². The Hall–Kier alpha value is -3.35. The predicted molar refractivity (Wildman–Crippen MR) is 152 cm³/mol. The van der Waals surface area contributed by atoms with E-state index in [0.29, 0.717) is 12.5 Å². The number of carbonyl (C=O) groups excluding carboxylic acids is 3. The molecule has 2 aromatic carbocycles. The molecule has 7 heteroatoms. The second-order valence-corrected chi connectivity index (χ2v) is 11.4. The minimum Gasteiger partial charge on any atom is -0.444 e. The first-order chi connectivity index (χ1) is 17.8. The summed E-state index contributed by atoms with van der Waals surface area (Å²) in [6.45, 7) is 15.5. The normalized spacial score (nSPS) is 13.0. The lowest BCUT2D eigenvalue weighted by Crippen LogP contribution is -2.51. The molecule has 208 valence electrons. The van der Waals surface area contributed by atoms with Crippen LogP contribution in [-0.4, -0.2) is 41.0 Å². The van der Waals surface area contributed by atoms with E-state index >= 15 is 0 Å². The summed E-state index contributed by atoms with van der Waals surface area (Å²) in [7, 11) is 0. The van der Waals surface area contributed by atoms with Crippen LogP contribution in [0, 0.1) is 19.8 Å². The van der Waals surface area contributed by atoms with Crippen LogP contribution in [0.4, 0.5) is 4.79 Å². The number of hydrogen-bond donors (Lipinski definition) is 2. The molecule has 0 radical (unpaired) electrons. The van der Waals surface area contributed by atoms with Crippen molar-refractivity contribution in [2.24, 2.45) is 5.92 Å². The van der Waals surface area contributed by atoms with E-state index in [1.807, 2.05) is 69.3 Å². The molecule has 0 aliphatic rings. The van der Waals surface area contributed by atoms with E-state index in [4.69, 9.17) is 4.74 Å². The van der Waals surface area contributed by atoms with Gasteiger partial charge in [0.05, 0.1) is 0 Å². The summed E-state index contributed by atoms with van der Waals surface area (Å²) in [6.07, 6.45) is 0.955. The van der Waals surface area contributed by atoms with E-state index in [1.54, 1.807) is 25.7 Å². The quantitative estimate of drug-likeness (QED) is 0.387. The Kier molecular flexibility index (Phi) is 11.4. The van der Waals surface area contributed by atoms with Gasteiger partial charge in [0.15, 0.2) is 0 Å². The second kappa shape index (κ2) is 14.0. The molecule has 0 saturated carbocycles. The molecule has 0 heterocycles. The Morgan fingerprint density at radius 1 is 0.921 bits per heavy atom. The SMILES string of the molecule is Cc1ccc(C)c(C(C(=O)NCc2ccccc2)N(C(=O)CNC(=O)OC(C)(C)C)C(C)CCC(C)C)c1. The smallest absolute Gasteiger partial charge is 0.408 e. The number of alkyl carbamates (subject to hydrolysis) is 1. The maximum atomic E-state index is 13.9. The highest BCUT2D eigenvalue weighted by molar-refractivity contribution is 5.91. The topological polar surface area (TPSA) is 87.7 Å². The lowest BCUT2D eigenvalue weighted by molar-refractivity contribution is -0.143. The zero-order chi connectivity index (χ0) is 28.5. The first-order valence-corrected chi connectivity index (χ1v) is 13.4. The molecule has 0 aromatic heterocycles. The van der Waals surface area contributed by atoms with E-state index < -0.39 is 17.7 Å². The second-order valence-electron chi connectivity index (χ2n) is 11.4. The summed E-state index contributed by atoms with van der Waals surface area (Å²) in [5.41, 5.74) is 2.98.